The van der Waals surface area contributed by atoms with E-state index in [1.165, 1.54) is 17.3 Å². The molecule has 0 spiro atoms. The van der Waals surface area contributed by atoms with Gasteiger partial charge in [0.15, 0.2) is 0 Å². The van der Waals surface area contributed by atoms with Gasteiger partial charge in [-0.25, -0.2) is 4.79 Å². The molecule has 0 fully saturated rings. The molecule has 4 aromatic carbocycles. The van der Waals surface area contributed by atoms with E-state index in [1.54, 1.807) is 86.7 Å². The molecule has 4 rings (SSSR count). The number of hydrogen-bond acceptors (Lipinski definition) is 6. The number of thioether (sulfide) groups is 1. The molecule has 0 radical (unpaired) electrons. The molecule has 0 aliphatic carbocycles. The van der Waals surface area contributed by atoms with Crippen LogP contribution >= 0.6 is 11.8 Å². The second-order valence-electron chi connectivity index (χ2n) is 10.7. The van der Waals surface area contributed by atoms with Crippen LogP contribution in [0.3, 0.4) is 0 Å². The molecule has 3 amide bonds. The van der Waals surface area contributed by atoms with E-state index in [1.807, 2.05) is 36.4 Å². The molecule has 1 unspecified atom stereocenters. The van der Waals surface area contributed by atoms with E-state index in [0.717, 1.165) is 10.5 Å². The summed E-state index contributed by atoms with van der Waals surface area (Å²) in [4.78, 5) is 52.1. The third kappa shape index (κ3) is 9.67. The first-order valence-electron chi connectivity index (χ1n) is 15.0. The number of carbonyl (C=O) groups excluding carboxylic acids is 4. The molecule has 46 heavy (non-hydrogen) atoms. The summed E-state index contributed by atoms with van der Waals surface area (Å²) in [5.41, 5.74) is 3.92. The fourth-order valence-corrected chi connectivity index (χ4v) is 5.26. The van der Waals surface area contributed by atoms with Gasteiger partial charge in [-0.1, -0.05) is 62.4 Å². The molecule has 0 aliphatic rings. The molecular formula is C37H37N3O5S. The standard InChI is InChI=1S/C37H37N3O5S/c1-5-45-37(44)29-18-20-30(21-19-29)38-34(41)25(4)46-32-13-9-12-31(23-32)39-36(43)33(40-35(42)28-10-7-6-8-11-28)22-26-14-16-27(17-15-26)24(2)3/h6-25H,5H2,1-4H3,(H,38,41)(H,39,43)(H,40,42)/b33-22+. The van der Waals surface area contributed by atoms with Gasteiger partial charge in [-0.3, -0.25) is 14.4 Å². The fourth-order valence-electron chi connectivity index (χ4n) is 4.34. The van der Waals surface area contributed by atoms with E-state index in [9.17, 15) is 19.2 Å². The topological polar surface area (TPSA) is 114 Å². The van der Waals surface area contributed by atoms with Crippen LogP contribution in [0.4, 0.5) is 11.4 Å². The van der Waals surface area contributed by atoms with Crippen molar-refractivity contribution in [1.82, 2.24) is 5.32 Å². The number of hydrogen-bond donors (Lipinski definition) is 3. The second kappa shape index (κ2) is 16.2. The minimum Gasteiger partial charge on any atom is -0.462 e. The average Bonchev–Trinajstić information content (AvgIpc) is 3.05. The molecule has 1 atom stereocenters. The van der Waals surface area contributed by atoms with Crippen molar-refractivity contribution in [3.8, 4) is 0 Å². The number of rotatable bonds is 12. The monoisotopic (exact) mass is 635 g/mol. The average molecular weight is 636 g/mol. The van der Waals surface area contributed by atoms with Crippen molar-refractivity contribution in [1.29, 1.82) is 0 Å². The van der Waals surface area contributed by atoms with E-state index >= 15 is 0 Å². The van der Waals surface area contributed by atoms with Crippen LogP contribution in [0.25, 0.3) is 6.08 Å². The highest BCUT2D eigenvalue weighted by atomic mass is 32.2. The first-order valence-corrected chi connectivity index (χ1v) is 15.8. The number of nitrogens with one attached hydrogen (secondary N) is 3. The summed E-state index contributed by atoms with van der Waals surface area (Å²) in [6, 6.07) is 30.2. The number of amides is 3. The van der Waals surface area contributed by atoms with Crippen molar-refractivity contribution < 1.29 is 23.9 Å². The molecule has 8 nitrogen and oxygen atoms in total. The Hall–Kier alpha value is -5.15. The fraction of sp³-hybridized carbons (Fsp3) is 0.189. The normalized spacial score (nSPS) is 11.8. The van der Waals surface area contributed by atoms with Gasteiger partial charge < -0.3 is 20.7 Å². The molecule has 0 aromatic heterocycles. The smallest absolute Gasteiger partial charge is 0.338 e. The third-order valence-corrected chi connectivity index (χ3v) is 7.97. The SMILES string of the molecule is CCOC(=O)c1ccc(NC(=O)C(C)Sc2cccc(NC(=O)/C(=C\c3ccc(C(C)C)cc3)NC(=O)c3ccccc3)c2)cc1. The summed E-state index contributed by atoms with van der Waals surface area (Å²) in [5.74, 6) is -1.17. The van der Waals surface area contributed by atoms with Gasteiger partial charge in [0.25, 0.3) is 11.8 Å². The van der Waals surface area contributed by atoms with Crippen LogP contribution in [0.5, 0.6) is 0 Å². The van der Waals surface area contributed by atoms with Gasteiger partial charge in [-0.15, -0.1) is 11.8 Å². The van der Waals surface area contributed by atoms with E-state index in [-0.39, 0.29) is 18.2 Å². The van der Waals surface area contributed by atoms with E-state index < -0.39 is 23.0 Å². The molecule has 0 saturated carbocycles. The predicted octanol–water partition coefficient (Wildman–Crippen LogP) is 7.52. The molecule has 0 saturated heterocycles. The van der Waals surface area contributed by atoms with Gasteiger partial charge in [0, 0.05) is 21.8 Å². The van der Waals surface area contributed by atoms with Crippen LogP contribution in [0.2, 0.25) is 0 Å². The summed E-state index contributed by atoms with van der Waals surface area (Å²) in [6.45, 7) is 8.02. The zero-order valence-electron chi connectivity index (χ0n) is 26.2. The number of ether oxygens (including phenoxy) is 1. The molecule has 0 aliphatic heterocycles. The van der Waals surface area contributed by atoms with Crippen LogP contribution in [-0.2, 0) is 14.3 Å². The molecule has 4 aromatic rings. The summed E-state index contributed by atoms with van der Waals surface area (Å²) < 4.78 is 5.00. The quantitative estimate of drug-likeness (QED) is 0.0843. The lowest BCUT2D eigenvalue weighted by molar-refractivity contribution is -0.115. The van der Waals surface area contributed by atoms with Crippen molar-refractivity contribution in [2.75, 3.05) is 17.2 Å². The highest BCUT2D eigenvalue weighted by molar-refractivity contribution is 8.00. The lowest BCUT2D eigenvalue weighted by Crippen LogP contribution is -2.30. The Balaban J connectivity index is 1.45. The van der Waals surface area contributed by atoms with Gasteiger partial charge in [0.05, 0.1) is 17.4 Å². The highest BCUT2D eigenvalue weighted by Crippen LogP contribution is 2.27. The van der Waals surface area contributed by atoms with E-state index in [4.69, 9.17) is 4.74 Å². The van der Waals surface area contributed by atoms with E-state index in [2.05, 4.69) is 29.8 Å². The number of esters is 1. The Bertz CT molecular complexity index is 1700. The summed E-state index contributed by atoms with van der Waals surface area (Å²) in [6.07, 6.45) is 1.64. The lowest BCUT2D eigenvalue weighted by Gasteiger charge is -2.14. The zero-order chi connectivity index (χ0) is 33.1. The summed E-state index contributed by atoms with van der Waals surface area (Å²) in [5, 5.41) is 8.04. The molecule has 9 heteroatoms. The van der Waals surface area contributed by atoms with E-state index in [0.29, 0.717) is 28.4 Å². The molecule has 0 bridgehead atoms. The zero-order valence-corrected chi connectivity index (χ0v) is 27.0. The molecular weight excluding hydrogens is 598 g/mol. The minimum atomic E-state index is -0.489. The maximum atomic E-state index is 13.5. The van der Waals surface area contributed by atoms with Crippen molar-refractivity contribution >= 4 is 52.9 Å². The van der Waals surface area contributed by atoms with Crippen molar-refractivity contribution in [3.05, 3.63) is 131 Å². The Morgan fingerprint density at radius 1 is 0.761 bits per heavy atom. The highest BCUT2D eigenvalue weighted by Gasteiger charge is 2.18. The number of benzene rings is 4. The Labute approximate surface area is 273 Å². The maximum Gasteiger partial charge on any atom is 0.338 e. The Morgan fingerprint density at radius 2 is 1.46 bits per heavy atom. The Morgan fingerprint density at radius 3 is 2.11 bits per heavy atom. The van der Waals surface area contributed by atoms with Gasteiger partial charge in [0.1, 0.15) is 5.70 Å². The summed E-state index contributed by atoms with van der Waals surface area (Å²) >= 11 is 1.33. The van der Waals surface area contributed by atoms with Crippen molar-refractivity contribution in [2.45, 2.75) is 43.8 Å². The lowest BCUT2D eigenvalue weighted by atomic mass is 10.0. The third-order valence-electron chi connectivity index (χ3n) is 6.88. The number of anilines is 2. The summed E-state index contributed by atoms with van der Waals surface area (Å²) in [7, 11) is 0. The first-order chi connectivity index (χ1) is 22.1. The van der Waals surface area contributed by atoms with Crippen LogP contribution in [0.1, 0.15) is 65.5 Å². The Kier molecular flexibility index (Phi) is 11.9. The minimum absolute atomic E-state index is 0.0888. The molecule has 0 heterocycles. The van der Waals surface area contributed by atoms with Gasteiger partial charge in [-0.2, -0.15) is 0 Å². The van der Waals surface area contributed by atoms with Gasteiger partial charge in [-0.05, 0) is 91.6 Å². The van der Waals surface area contributed by atoms with Crippen LogP contribution in [0.15, 0.2) is 114 Å². The maximum absolute atomic E-state index is 13.5. The van der Waals surface area contributed by atoms with Crippen molar-refractivity contribution in [3.63, 3.8) is 0 Å². The van der Waals surface area contributed by atoms with Gasteiger partial charge in [0.2, 0.25) is 5.91 Å². The largest absolute Gasteiger partial charge is 0.462 e. The number of carbonyl (C=O) groups is 4. The van der Waals surface area contributed by atoms with Gasteiger partial charge >= 0.3 is 5.97 Å². The molecule has 3 N–H and O–H groups in total. The van der Waals surface area contributed by atoms with Crippen LogP contribution < -0.4 is 16.0 Å². The van der Waals surface area contributed by atoms with Crippen LogP contribution in [0, 0.1) is 0 Å². The predicted molar refractivity (Wildman–Crippen MR) is 184 cm³/mol. The van der Waals surface area contributed by atoms with Crippen LogP contribution in [-0.4, -0.2) is 35.5 Å². The van der Waals surface area contributed by atoms with Crippen molar-refractivity contribution in [2.24, 2.45) is 0 Å². The first kappa shape index (κ1) is 33.7. The second-order valence-corrected chi connectivity index (χ2v) is 12.1. The molecule has 236 valence electrons.